The summed E-state index contributed by atoms with van der Waals surface area (Å²) in [4.78, 5) is 12.1. The van der Waals surface area contributed by atoms with Gasteiger partial charge in [0, 0.05) is 18.7 Å². The molecule has 1 saturated carbocycles. The summed E-state index contributed by atoms with van der Waals surface area (Å²) in [5.41, 5.74) is 7.50. The smallest absolute Gasteiger partial charge is 0.251 e. The quantitative estimate of drug-likeness (QED) is 0.855. The average Bonchev–Trinajstić information content (AvgIpc) is 2.33. The van der Waals surface area contributed by atoms with E-state index in [1.165, 1.54) is 19.3 Å². The molecule has 104 valence electrons. The van der Waals surface area contributed by atoms with E-state index in [9.17, 15) is 4.79 Å². The maximum absolute atomic E-state index is 12.1. The van der Waals surface area contributed by atoms with Gasteiger partial charge in [0.25, 0.3) is 5.91 Å². The van der Waals surface area contributed by atoms with Gasteiger partial charge in [-0.1, -0.05) is 32.4 Å². The highest BCUT2D eigenvalue weighted by atomic mass is 16.1. The Labute approximate surface area is 115 Å². The minimum Gasteiger partial charge on any atom is -0.351 e. The molecule has 0 spiro atoms. The standard InChI is InChI=1S/C16H24N2O/c1-16(2,14-4-3-5-14)11-18-15(19)13-8-6-12(10-17)7-9-13/h6-9,14H,3-5,10-11,17H2,1-2H3,(H,18,19). The third-order valence-corrected chi connectivity index (χ3v) is 4.37. The Hall–Kier alpha value is -1.35. The monoisotopic (exact) mass is 260 g/mol. The zero-order valence-corrected chi connectivity index (χ0v) is 11.9. The van der Waals surface area contributed by atoms with Crippen LogP contribution in [0.25, 0.3) is 0 Å². The lowest BCUT2D eigenvalue weighted by molar-refractivity contribution is 0.0858. The highest BCUT2D eigenvalue weighted by Gasteiger charge is 2.33. The summed E-state index contributed by atoms with van der Waals surface area (Å²) in [6, 6.07) is 7.50. The molecule has 0 atom stereocenters. The lowest BCUT2D eigenvalue weighted by atomic mass is 9.67. The molecule has 2 rings (SSSR count). The van der Waals surface area contributed by atoms with Crippen molar-refractivity contribution in [3.8, 4) is 0 Å². The summed E-state index contributed by atoms with van der Waals surface area (Å²) < 4.78 is 0. The van der Waals surface area contributed by atoms with Crippen LogP contribution in [0.1, 0.15) is 49.0 Å². The first-order chi connectivity index (χ1) is 9.03. The number of carbonyl (C=O) groups excluding carboxylic acids is 1. The summed E-state index contributed by atoms with van der Waals surface area (Å²) in [5.74, 6) is 0.767. The number of benzene rings is 1. The van der Waals surface area contributed by atoms with Crippen LogP contribution < -0.4 is 11.1 Å². The van der Waals surface area contributed by atoms with Crippen molar-refractivity contribution in [3.05, 3.63) is 35.4 Å². The minimum atomic E-state index is 0.0102. The second-order valence-corrected chi connectivity index (χ2v) is 6.20. The van der Waals surface area contributed by atoms with E-state index in [-0.39, 0.29) is 11.3 Å². The molecule has 3 N–H and O–H groups in total. The molecule has 1 fully saturated rings. The van der Waals surface area contributed by atoms with Gasteiger partial charge in [-0.25, -0.2) is 0 Å². The molecule has 1 aliphatic rings. The maximum atomic E-state index is 12.1. The molecule has 0 radical (unpaired) electrons. The van der Waals surface area contributed by atoms with Gasteiger partial charge in [-0.2, -0.15) is 0 Å². The van der Waals surface area contributed by atoms with Crippen LogP contribution in [-0.2, 0) is 6.54 Å². The Balaban J connectivity index is 1.89. The molecule has 3 heteroatoms. The summed E-state index contributed by atoms with van der Waals surface area (Å²) in [6.45, 7) is 5.75. The van der Waals surface area contributed by atoms with Crippen molar-refractivity contribution in [1.29, 1.82) is 0 Å². The van der Waals surface area contributed by atoms with Crippen molar-refractivity contribution in [2.24, 2.45) is 17.1 Å². The van der Waals surface area contributed by atoms with Crippen LogP contribution in [0.4, 0.5) is 0 Å². The number of carbonyl (C=O) groups is 1. The molecule has 1 aromatic carbocycles. The van der Waals surface area contributed by atoms with Gasteiger partial charge in [-0.3, -0.25) is 4.79 Å². The van der Waals surface area contributed by atoms with E-state index in [0.29, 0.717) is 12.1 Å². The molecule has 0 aliphatic heterocycles. The van der Waals surface area contributed by atoms with Crippen LogP contribution in [0.2, 0.25) is 0 Å². The third kappa shape index (κ3) is 3.35. The molecule has 1 aliphatic carbocycles. The van der Waals surface area contributed by atoms with E-state index in [1.807, 2.05) is 24.3 Å². The summed E-state index contributed by atoms with van der Waals surface area (Å²) in [5, 5.41) is 3.06. The Bertz CT molecular complexity index is 433. The van der Waals surface area contributed by atoms with Crippen LogP contribution in [0.3, 0.4) is 0 Å². The molecular formula is C16H24N2O. The number of nitrogens with two attached hydrogens (primary N) is 1. The van der Waals surface area contributed by atoms with Crippen LogP contribution in [0.15, 0.2) is 24.3 Å². The van der Waals surface area contributed by atoms with Crippen molar-refractivity contribution < 1.29 is 4.79 Å². The van der Waals surface area contributed by atoms with E-state index < -0.39 is 0 Å². The fourth-order valence-electron chi connectivity index (χ4n) is 2.54. The van der Waals surface area contributed by atoms with E-state index in [1.54, 1.807) is 0 Å². The molecule has 1 aromatic rings. The van der Waals surface area contributed by atoms with Gasteiger partial charge in [-0.05, 0) is 41.9 Å². The fraction of sp³-hybridized carbons (Fsp3) is 0.562. The highest BCUT2D eigenvalue weighted by molar-refractivity contribution is 5.94. The lowest BCUT2D eigenvalue weighted by Crippen LogP contribution is -2.41. The molecule has 0 unspecified atom stereocenters. The lowest BCUT2D eigenvalue weighted by Gasteiger charge is -2.40. The van der Waals surface area contributed by atoms with Gasteiger partial charge in [0.2, 0.25) is 0 Å². The largest absolute Gasteiger partial charge is 0.351 e. The normalized spacial score (nSPS) is 15.9. The van der Waals surface area contributed by atoms with Crippen LogP contribution in [0.5, 0.6) is 0 Å². The number of amides is 1. The molecule has 0 bridgehead atoms. The van der Waals surface area contributed by atoms with Gasteiger partial charge >= 0.3 is 0 Å². The Kier molecular flexibility index (Phi) is 4.25. The maximum Gasteiger partial charge on any atom is 0.251 e. The second-order valence-electron chi connectivity index (χ2n) is 6.20. The molecule has 0 aromatic heterocycles. The van der Waals surface area contributed by atoms with Crippen LogP contribution >= 0.6 is 0 Å². The first kappa shape index (κ1) is 14.1. The van der Waals surface area contributed by atoms with E-state index in [4.69, 9.17) is 5.73 Å². The molecule has 1 amide bonds. The van der Waals surface area contributed by atoms with Crippen molar-refractivity contribution in [1.82, 2.24) is 5.32 Å². The molecular weight excluding hydrogens is 236 g/mol. The van der Waals surface area contributed by atoms with E-state index >= 15 is 0 Å². The van der Waals surface area contributed by atoms with Gasteiger partial charge in [0.05, 0.1) is 0 Å². The van der Waals surface area contributed by atoms with Crippen molar-refractivity contribution in [2.45, 2.75) is 39.7 Å². The fourth-order valence-corrected chi connectivity index (χ4v) is 2.54. The first-order valence-corrected chi connectivity index (χ1v) is 7.10. The molecule has 0 heterocycles. The first-order valence-electron chi connectivity index (χ1n) is 7.10. The third-order valence-electron chi connectivity index (χ3n) is 4.37. The van der Waals surface area contributed by atoms with Crippen molar-refractivity contribution in [2.75, 3.05) is 6.54 Å². The van der Waals surface area contributed by atoms with Crippen LogP contribution in [0, 0.1) is 11.3 Å². The number of hydrogen-bond acceptors (Lipinski definition) is 2. The predicted molar refractivity (Wildman–Crippen MR) is 77.8 cm³/mol. The van der Waals surface area contributed by atoms with Crippen molar-refractivity contribution >= 4 is 5.91 Å². The van der Waals surface area contributed by atoms with Gasteiger partial charge in [0.15, 0.2) is 0 Å². The zero-order chi connectivity index (χ0) is 13.9. The van der Waals surface area contributed by atoms with Gasteiger partial charge in [-0.15, -0.1) is 0 Å². The predicted octanol–water partition coefficient (Wildman–Crippen LogP) is 2.70. The molecule has 19 heavy (non-hydrogen) atoms. The summed E-state index contributed by atoms with van der Waals surface area (Å²) >= 11 is 0. The number of hydrogen-bond donors (Lipinski definition) is 2. The minimum absolute atomic E-state index is 0.0102. The average molecular weight is 260 g/mol. The zero-order valence-electron chi connectivity index (χ0n) is 11.9. The Morgan fingerprint density at radius 2 is 1.95 bits per heavy atom. The molecule has 3 nitrogen and oxygen atoms in total. The highest BCUT2D eigenvalue weighted by Crippen LogP contribution is 2.41. The molecule has 0 saturated heterocycles. The number of rotatable bonds is 5. The SMILES string of the molecule is CC(C)(CNC(=O)c1ccc(CN)cc1)C1CCC1. The van der Waals surface area contributed by atoms with Crippen LogP contribution in [-0.4, -0.2) is 12.5 Å². The van der Waals surface area contributed by atoms with Gasteiger partial charge in [0.1, 0.15) is 0 Å². The topological polar surface area (TPSA) is 55.1 Å². The van der Waals surface area contributed by atoms with Crippen molar-refractivity contribution in [3.63, 3.8) is 0 Å². The van der Waals surface area contributed by atoms with Gasteiger partial charge < -0.3 is 11.1 Å². The second kappa shape index (κ2) is 5.74. The summed E-state index contributed by atoms with van der Waals surface area (Å²) in [7, 11) is 0. The Morgan fingerprint density at radius 1 is 1.32 bits per heavy atom. The Morgan fingerprint density at radius 3 is 2.42 bits per heavy atom. The van der Waals surface area contributed by atoms with E-state index in [2.05, 4.69) is 19.2 Å². The summed E-state index contributed by atoms with van der Waals surface area (Å²) in [6.07, 6.45) is 3.94. The number of nitrogens with one attached hydrogen (secondary N) is 1. The van der Waals surface area contributed by atoms with E-state index in [0.717, 1.165) is 18.0 Å².